The van der Waals surface area contributed by atoms with Crippen LogP contribution in [0.1, 0.15) is 71.1 Å². The van der Waals surface area contributed by atoms with Crippen LogP contribution in [0.25, 0.3) is 5.69 Å². The van der Waals surface area contributed by atoms with Crippen molar-refractivity contribution in [3.63, 3.8) is 0 Å². The van der Waals surface area contributed by atoms with Crippen LogP contribution in [-0.2, 0) is 0 Å². The van der Waals surface area contributed by atoms with Crippen molar-refractivity contribution in [2.75, 3.05) is 5.75 Å². The standard InChI is InChI=1S/C25H34N4O2S2/c1-2-3-4-5-6-7-8-9-10-14-17-32-23-18-22(31)24(19-21(23)30)33-25-26-27-28-29(25)20-15-12-11-13-16-20/h11-13,15-16,18-19,30-31H,2-10,14,17H2,1H3. The predicted octanol–water partition coefficient (Wildman–Crippen LogP) is 7.24. The zero-order chi connectivity index (χ0) is 23.3. The highest BCUT2D eigenvalue weighted by atomic mass is 32.2. The summed E-state index contributed by atoms with van der Waals surface area (Å²) in [4.78, 5) is 1.22. The number of benzene rings is 2. The van der Waals surface area contributed by atoms with Crippen LogP contribution in [0, 0.1) is 0 Å². The molecule has 0 spiro atoms. The Balaban J connectivity index is 1.43. The summed E-state index contributed by atoms with van der Waals surface area (Å²) in [7, 11) is 0. The fourth-order valence-corrected chi connectivity index (χ4v) is 5.39. The van der Waals surface area contributed by atoms with E-state index >= 15 is 0 Å². The fraction of sp³-hybridized carbons (Fsp3) is 0.480. The first-order chi connectivity index (χ1) is 16.2. The maximum atomic E-state index is 10.5. The summed E-state index contributed by atoms with van der Waals surface area (Å²) < 4.78 is 1.61. The Labute approximate surface area is 205 Å². The number of tetrazole rings is 1. The van der Waals surface area contributed by atoms with Gasteiger partial charge in [-0.1, -0.05) is 82.9 Å². The molecule has 0 amide bonds. The summed E-state index contributed by atoms with van der Waals surface area (Å²) in [5.41, 5.74) is 0.831. The first-order valence-corrected chi connectivity index (χ1v) is 13.7. The Morgan fingerprint density at radius 3 is 2.09 bits per heavy atom. The minimum atomic E-state index is 0.117. The molecule has 0 atom stereocenters. The van der Waals surface area contributed by atoms with E-state index in [-0.39, 0.29) is 11.5 Å². The third-order valence-electron chi connectivity index (χ3n) is 5.44. The molecule has 1 aromatic heterocycles. The zero-order valence-electron chi connectivity index (χ0n) is 19.3. The number of hydrogen-bond acceptors (Lipinski definition) is 7. The Bertz CT molecular complexity index is 966. The van der Waals surface area contributed by atoms with Gasteiger partial charge in [-0.25, -0.2) is 0 Å². The molecule has 8 heteroatoms. The van der Waals surface area contributed by atoms with E-state index in [0.717, 1.165) is 17.9 Å². The van der Waals surface area contributed by atoms with Gasteiger partial charge in [-0.2, -0.15) is 4.68 Å². The molecule has 0 unspecified atom stereocenters. The second kappa shape index (κ2) is 14.2. The normalized spacial score (nSPS) is 11.2. The number of aromatic hydroxyl groups is 2. The summed E-state index contributed by atoms with van der Waals surface area (Å²) in [6.07, 6.45) is 13.1. The number of nitrogens with zero attached hydrogens (tertiary/aromatic N) is 4. The SMILES string of the molecule is CCCCCCCCCCCCSc1cc(O)c(Sc2nnnn2-c2ccccc2)cc1O. The van der Waals surface area contributed by atoms with E-state index in [1.165, 1.54) is 69.5 Å². The zero-order valence-corrected chi connectivity index (χ0v) is 21.0. The molecule has 33 heavy (non-hydrogen) atoms. The molecule has 0 bridgehead atoms. The summed E-state index contributed by atoms with van der Waals surface area (Å²) in [6, 6.07) is 12.8. The lowest BCUT2D eigenvalue weighted by molar-refractivity contribution is 0.438. The lowest BCUT2D eigenvalue weighted by Gasteiger charge is -2.10. The number of unbranched alkanes of at least 4 members (excludes halogenated alkanes) is 9. The Morgan fingerprint density at radius 2 is 1.39 bits per heavy atom. The van der Waals surface area contributed by atoms with E-state index < -0.39 is 0 Å². The Hall–Kier alpha value is -2.19. The molecule has 0 aliphatic rings. The lowest BCUT2D eigenvalue weighted by atomic mass is 10.1. The highest BCUT2D eigenvalue weighted by Crippen LogP contribution is 2.41. The molecule has 0 saturated carbocycles. The van der Waals surface area contributed by atoms with Crippen LogP contribution in [0.2, 0.25) is 0 Å². The highest BCUT2D eigenvalue weighted by molar-refractivity contribution is 7.99. The molecule has 0 aliphatic heterocycles. The van der Waals surface area contributed by atoms with Crippen molar-refractivity contribution in [1.29, 1.82) is 0 Å². The Morgan fingerprint density at radius 1 is 0.788 bits per heavy atom. The van der Waals surface area contributed by atoms with Gasteiger partial charge in [0.1, 0.15) is 11.5 Å². The van der Waals surface area contributed by atoms with Gasteiger partial charge in [0.15, 0.2) is 0 Å². The van der Waals surface area contributed by atoms with Gasteiger partial charge in [0.05, 0.1) is 15.5 Å². The van der Waals surface area contributed by atoms with Crippen LogP contribution in [0.5, 0.6) is 11.5 Å². The number of phenols is 2. The van der Waals surface area contributed by atoms with Gasteiger partial charge in [-0.15, -0.1) is 16.9 Å². The molecule has 178 valence electrons. The second-order valence-corrected chi connectivity index (χ2v) is 10.3. The van der Waals surface area contributed by atoms with Crippen LogP contribution >= 0.6 is 23.5 Å². The van der Waals surface area contributed by atoms with E-state index in [9.17, 15) is 10.2 Å². The number of hydrogen-bond donors (Lipinski definition) is 2. The largest absolute Gasteiger partial charge is 0.507 e. The lowest BCUT2D eigenvalue weighted by Crippen LogP contribution is -1.98. The van der Waals surface area contributed by atoms with Gasteiger partial charge in [0.2, 0.25) is 5.16 Å². The van der Waals surface area contributed by atoms with Crippen molar-refractivity contribution < 1.29 is 10.2 Å². The maximum Gasteiger partial charge on any atom is 0.219 e. The van der Waals surface area contributed by atoms with Gasteiger partial charge >= 0.3 is 0 Å². The Kier molecular flexibility index (Phi) is 10.9. The quantitative estimate of drug-likeness (QED) is 0.133. The van der Waals surface area contributed by atoms with Crippen molar-refractivity contribution >= 4 is 23.5 Å². The molecule has 2 aromatic carbocycles. The summed E-state index contributed by atoms with van der Waals surface area (Å²) in [5.74, 6) is 1.22. The smallest absolute Gasteiger partial charge is 0.219 e. The number of thioether (sulfide) groups is 1. The van der Waals surface area contributed by atoms with Crippen LogP contribution in [0.4, 0.5) is 0 Å². The predicted molar refractivity (Wildman–Crippen MR) is 136 cm³/mol. The van der Waals surface area contributed by atoms with Crippen LogP contribution in [0.3, 0.4) is 0 Å². The van der Waals surface area contributed by atoms with Crippen LogP contribution in [-0.4, -0.2) is 36.2 Å². The second-order valence-electron chi connectivity index (χ2n) is 8.13. The van der Waals surface area contributed by atoms with Crippen molar-refractivity contribution in [2.45, 2.75) is 86.1 Å². The minimum Gasteiger partial charge on any atom is -0.507 e. The highest BCUT2D eigenvalue weighted by Gasteiger charge is 2.15. The van der Waals surface area contributed by atoms with Crippen molar-refractivity contribution in [3.05, 3.63) is 42.5 Å². The number of phenolic OH excluding ortho intramolecular Hbond substituents is 2. The van der Waals surface area contributed by atoms with Crippen LogP contribution < -0.4 is 0 Å². The van der Waals surface area contributed by atoms with E-state index in [4.69, 9.17) is 0 Å². The maximum absolute atomic E-state index is 10.5. The monoisotopic (exact) mass is 486 g/mol. The molecule has 3 aromatic rings. The third kappa shape index (κ3) is 8.27. The molecule has 6 nitrogen and oxygen atoms in total. The number of rotatable bonds is 15. The molecular weight excluding hydrogens is 452 g/mol. The van der Waals surface area contributed by atoms with E-state index in [1.54, 1.807) is 28.6 Å². The molecule has 2 N–H and O–H groups in total. The van der Waals surface area contributed by atoms with Gasteiger partial charge < -0.3 is 10.2 Å². The third-order valence-corrected chi connectivity index (χ3v) is 7.55. The number of para-hydroxylation sites is 1. The molecular formula is C25H34N4O2S2. The topological polar surface area (TPSA) is 84.1 Å². The molecule has 0 fully saturated rings. The summed E-state index contributed by atoms with van der Waals surface area (Å²) in [5, 5.41) is 33.4. The van der Waals surface area contributed by atoms with Gasteiger partial charge in [-0.3, -0.25) is 0 Å². The summed E-state index contributed by atoms with van der Waals surface area (Å²) >= 11 is 2.81. The van der Waals surface area contributed by atoms with E-state index in [0.29, 0.717) is 14.9 Å². The molecule has 3 rings (SSSR count). The molecule has 0 radical (unpaired) electrons. The minimum absolute atomic E-state index is 0.117. The van der Waals surface area contributed by atoms with Crippen molar-refractivity contribution in [1.82, 2.24) is 20.2 Å². The number of aromatic nitrogens is 4. The van der Waals surface area contributed by atoms with Crippen LogP contribution in [0.15, 0.2) is 57.4 Å². The van der Waals surface area contributed by atoms with Gasteiger partial charge in [0, 0.05) is 0 Å². The average Bonchev–Trinajstić information content (AvgIpc) is 3.29. The summed E-state index contributed by atoms with van der Waals surface area (Å²) in [6.45, 7) is 2.25. The molecule has 0 aliphatic carbocycles. The van der Waals surface area contributed by atoms with E-state index in [1.807, 2.05) is 30.3 Å². The van der Waals surface area contributed by atoms with Crippen molar-refractivity contribution in [2.24, 2.45) is 0 Å². The first-order valence-electron chi connectivity index (χ1n) is 11.9. The van der Waals surface area contributed by atoms with Gasteiger partial charge in [-0.05, 0) is 58.6 Å². The fourth-order valence-electron chi connectivity index (χ4n) is 3.58. The molecule has 1 heterocycles. The first kappa shape index (κ1) is 25.4. The van der Waals surface area contributed by atoms with Gasteiger partial charge in [0.25, 0.3) is 0 Å². The van der Waals surface area contributed by atoms with E-state index in [2.05, 4.69) is 22.4 Å². The molecule has 0 saturated heterocycles. The van der Waals surface area contributed by atoms with Crippen molar-refractivity contribution in [3.8, 4) is 17.2 Å². The average molecular weight is 487 g/mol.